The zero-order chi connectivity index (χ0) is 19.4. The number of fused-ring (bicyclic) bond motifs is 1. The van der Waals surface area contributed by atoms with Crippen LogP contribution in [0.4, 0.5) is 0 Å². The molecule has 0 atom stereocenters. The summed E-state index contributed by atoms with van der Waals surface area (Å²) in [5.74, 6) is 1.26. The molecule has 0 aliphatic rings. The molecule has 0 spiro atoms. The molecule has 0 aliphatic carbocycles. The molecule has 1 heterocycles. The second kappa shape index (κ2) is 7.81. The molecule has 0 aliphatic heterocycles. The smallest absolute Gasteiger partial charge is 0.251 e. The van der Waals surface area contributed by atoms with E-state index in [-0.39, 0.29) is 23.4 Å². The van der Waals surface area contributed by atoms with Gasteiger partial charge in [-0.15, -0.1) is 0 Å². The van der Waals surface area contributed by atoms with E-state index in [1.165, 1.54) is 19.2 Å². The van der Waals surface area contributed by atoms with Gasteiger partial charge in [-0.05, 0) is 55.0 Å². The number of hydrogen-bond acceptors (Lipinski definition) is 5. The Morgan fingerprint density at radius 1 is 0.963 bits per heavy atom. The van der Waals surface area contributed by atoms with Crippen LogP contribution in [-0.2, 0) is 16.4 Å². The van der Waals surface area contributed by atoms with Gasteiger partial charge in [0.25, 0.3) is 5.56 Å². The Hall–Kier alpha value is -2.84. The van der Waals surface area contributed by atoms with E-state index >= 15 is 0 Å². The third-order valence-electron chi connectivity index (χ3n) is 4.18. The lowest BCUT2D eigenvalue weighted by atomic mass is 10.1. The molecule has 3 aromatic rings. The molecular formula is C19H20N2O5S. The minimum absolute atomic E-state index is 0.104. The maximum absolute atomic E-state index is 12.3. The first-order chi connectivity index (χ1) is 12.9. The first kappa shape index (κ1) is 18.9. The van der Waals surface area contributed by atoms with Crippen LogP contribution in [0.5, 0.6) is 11.5 Å². The van der Waals surface area contributed by atoms with E-state index in [0.717, 1.165) is 5.39 Å². The molecule has 8 heteroatoms. The number of H-pyrrole nitrogens is 1. The van der Waals surface area contributed by atoms with Crippen molar-refractivity contribution in [3.05, 3.63) is 64.4 Å². The van der Waals surface area contributed by atoms with Gasteiger partial charge in [0.15, 0.2) is 0 Å². The molecule has 7 nitrogen and oxygen atoms in total. The molecule has 2 N–H and O–H groups in total. The molecule has 27 heavy (non-hydrogen) atoms. The number of hydrogen-bond donors (Lipinski definition) is 2. The summed E-state index contributed by atoms with van der Waals surface area (Å²) < 4.78 is 37.4. The van der Waals surface area contributed by atoms with Crippen molar-refractivity contribution in [2.24, 2.45) is 0 Å². The SMILES string of the molecule is COc1ccc(S(=O)(=O)NCCc2cc3cc(OC)ccc3[nH]c2=O)cc1. The van der Waals surface area contributed by atoms with Crippen molar-refractivity contribution in [2.75, 3.05) is 20.8 Å². The summed E-state index contributed by atoms with van der Waals surface area (Å²) in [5.41, 5.74) is 0.952. The van der Waals surface area contributed by atoms with Crippen LogP contribution in [0.1, 0.15) is 5.56 Å². The van der Waals surface area contributed by atoms with Crippen molar-refractivity contribution in [1.82, 2.24) is 9.71 Å². The Labute approximate surface area is 157 Å². The zero-order valence-corrected chi connectivity index (χ0v) is 15.8. The van der Waals surface area contributed by atoms with Crippen LogP contribution in [0.3, 0.4) is 0 Å². The number of nitrogens with one attached hydrogen (secondary N) is 2. The van der Waals surface area contributed by atoms with E-state index in [0.29, 0.717) is 22.6 Å². The molecule has 0 saturated carbocycles. The predicted molar refractivity (Wildman–Crippen MR) is 103 cm³/mol. The first-order valence-electron chi connectivity index (χ1n) is 8.26. The molecule has 3 rings (SSSR count). The summed E-state index contributed by atoms with van der Waals surface area (Å²) in [6.45, 7) is 0.104. The normalized spacial score (nSPS) is 11.5. The topological polar surface area (TPSA) is 97.5 Å². The van der Waals surface area contributed by atoms with Gasteiger partial charge >= 0.3 is 0 Å². The van der Waals surface area contributed by atoms with Crippen molar-refractivity contribution in [3.8, 4) is 11.5 Å². The molecule has 0 amide bonds. The molecule has 142 valence electrons. The Balaban J connectivity index is 1.73. The van der Waals surface area contributed by atoms with Gasteiger partial charge in [0.2, 0.25) is 10.0 Å². The molecule has 2 aromatic carbocycles. The van der Waals surface area contributed by atoms with Gasteiger partial charge in [-0.25, -0.2) is 13.1 Å². The largest absolute Gasteiger partial charge is 0.497 e. The predicted octanol–water partition coefficient (Wildman–Crippen LogP) is 2.07. The van der Waals surface area contributed by atoms with Crippen LogP contribution in [0.25, 0.3) is 10.9 Å². The zero-order valence-electron chi connectivity index (χ0n) is 15.0. The van der Waals surface area contributed by atoms with Gasteiger partial charge < -0.3 is 14.5 Å². The van der Waals surface area contributed by atoms with E-state index in [9.17, 15) is 13.2 Å². The molecule has 0 radical (unpaired) electrons. The molecule has 0 bridgehead atoms. The van der Waals surface area contributed by atoms with Crippen molar-refractivity contribution in [3.63, 3.8) is 0 Å². The van der Waals surface area contributed by atoms with Crippen LogP contribution in [0.2, 0.25) is 0 Å². The minimum atomic E-state index is -3.66. The fraction of sp³-hybridized carbons (Fsp3) is 0.211. The van der Waals surface area contributed by atoms with E-state index in [2.05, 4.69) is 9.71 Å². The van der Waals surface area contributed by atoms with Gasteiger partial charge in [-0.3, -0.25) is 4.79 Å². The fourth-order valence-corrected chi connectivity index (χ4v) is 3.73. The van der Waals surface area contributed by atoms with E-state index < -0.39 is 10.0 Å². The standard InChI is InChI=1S/C19H20N2O5S/c1-25-15-3-6-17(7-4-15)27(23,24)20-10-9-13-11-14-12-16(26-2)5-8-18(14)21-19(13)22/h3-8,11-12,20H,9-10H2,1-2H3,(H,21,22). The van der Waals surface area contributed by atoms with E-state index in [4.69, 9.17) is 9.47 Å². The highest BCUT2D eigenvalue weighted by atomic mass is 32.2. The minimum Gasteiger partial charge on any atom is -0.497 e. The van der Waals surface area contributed by atoms with Crippen molar-refractivity contribution >= 4 is 20.9 Å². The summed E-state index contributed by atoms with van der Waals surface area (Å²) in [6, 6.07) is 13.2. The molecule has 0 unspecified atom stereocenters. The number of aromatic amines is 1. The number of pyridine rings is 1. The monoisotopic (exact) mass is 388 g/mol. The van der Waals surface area contributed by atoms with Gasteiger partial charge in [0, 0.05) is 23.0 Å². The maximum Gasteiger partial charge on any atom is 0.251 e. The Morgan fingerprint density at radius 3 is 2.30 bits per heavy atom. The van der Waals surface area contributed by atoms with Crippen LogP contribution >= 0.6 is 0 Å². The van der Waals surface area contributed by atoms with Crippen molar-refractivity contribution in [1.29, 1.82) is 0 Å². The van der Waals surface area contributed by atoms with Crippen LogP contribution in [0.15, 0.2) is 58.2 Å². The lowest BCUT2D eigenvalue weighted by molar-refractivity contribution is 0.414. The van der Waals surface area contributed by atoms with Crippen LogP contribution in [-0.4, -0.2) is 34.2 Å². The quantitative estimate of drug-likeness (QED) is 0.646. The number of sulfonamides is 1. The van der Waals surface area contributed by atoms with Gasteiger partial charge in [0.05, 0.1) is 19.1 Å². The summed E-state index contributed by atoms with van der Waals surface area (Å²) in [7, 11) is -0.576. The highest BCUT2D eigenvalue weighted by molar-refractivity contribution is 7.89. The maximum atomic E-state index is 12.3. The number of ether oxygens (including phenoxy) is 2. The van der Waals surface area contributed by atoms with Crippen LogP contribution < -0.4 is 19.8 Å². The average Bonchev–Trinajstić information content (AvgIpc) is 2.68. The highest BCUT2D eigenvalue weighted by Crippen LogP contribution is 2.19. The third kappa shape index (κ3) is 4.29. The van der Waals surface area contributed by atoms with Crippen LogP contribution in [0, 0.1) is 0 Å². The van der Waals surface area contributed by atoms with Crippen molar-refractivity contribution in [2.45, 2.75) is 11.3 Å². The Bertz CT molecular complexity index is 1110. The van der Waals surface area contributed by atoms with Gasteiger partial charge in [-0.2, -0.15) is 0 Å². The Morgan fingerprint density at radius 2 is 1.63 bits per heavy atom. The number of rotatable bonds is 7. The fourth-order valence-electron chi connectivity index (χ4n) is 2.70. The Kier molecular flexibility index (Phi) is 5.48. The molecule has 0 saturated heterocycles. The lowest BCUT2D eigenvalue weighted by Crippen LogP contribution is -2.27. The average molecular weight is 388 g/mol. The van der Waals surface area contributed by atoms with E-state index in [1.807, 2.05) is 6.07 Å². The summed E-state index contributed by atoms with van der Waals surface area (Å²) in [4.78, 5) is 15.1. The van der Waals surface area contributed by atoms with Gasteiger partial charge in [0.1, 0.15) is 11.5 Å². The number of aromatic nitrogens is 1. The molecular weight excluding hydrogens is 368 g/mol. The summed E-state index contributed by atoms with van der Waals surface area (Å²) in [5, 5.41) is 0.821. The van der Waals surface area contributed by atoms with E-state index in [1.54, 1.807) is 37.4 Å². The molecule has 0 fully saturated rings. The van der Waals surface area contributed by atoms with Crippen molar-refractivity contribution < 1.29 is 17.9 Å². The highest BCUT2D eigenvalue weighted by Gasteiger charge is 2.14. The number of benzene rings is 2. The first-order valence-corrected chi connectivity index (χ1v) is 9.75. The summed E-state index contributed by atoms with van der Waals surface area (Å²) >= 11 is 0. The third-order valence-corrected chi connectivity index (χ3v) is 5.66. The molecule has 1 aromatic heterocycles. The number of methoxy groups -OCH3 is 2. The lowest BCUT2D eigenvalue weighted by Gasteiger charge is -2.08. The second-order valence-electron chi connectivity index (χ2n) is 5.90. The van der Waals surface area contributed by atoms with Gasteiger partial charge in [-0.1, -0.05) is 0 Å². The second-order valence-corrected chi connectivity index (χ2v) is 7.67. The summed E-state index contributed by atoms with van der Waals surface area (Å²) in [6.07, 6.45) is 0.262.